The number of nitrogens with zero attached hydrogens (tertiary/aromatic N) is 1. The first-order chi connectivity index (χ1) is 8.74. The zero-order valence-electron chi connectivity index (χ0n) is 10.6. The van der Waals surface area contributed by atoms with Crippen molar-refractivity contribution >= 4 is 21.8 Å². The molecule has 0 aromatic heterocycles. The average molecular weight is 311 g/mol. The molecule has 0 bridgehead atoms. The van der Waals surface area contributed by atoms with Gasteiger partial charge in [-0.05, 0) is 19.1 Å². The number of aliphatic hydroxyl groups excluding tert-OH is 1. The summed E-state index contributed by atoms with van der Waals surface area (Å²) < 4.78 is 40.3. The molecule has 0 heterocycles. The molecule has 0 radical (unpaired) electrons. The molecule has 108 valence electrons. The lowest BCUT2D eigenvalue weighted by Gasteiger charge is -2.19. The standard InChI is InChI=1S/C11H16ClFN2O3S/c1-8(16)6-14-19(17,18)15(2)7-9-10(12)4-3-5-11(9)13/h3-5,8,14,16H,6-7H2,1-2H3. The maximum atomic E-state index is 13.5. The number of nitrogens with one attached hydrogen (secondary N) is 1. The molecule has 1 aromatic rings. The van der Waals surface area contributed by atoms with E-state index in [0.717, 1.165) is 4.31 Å². The molecule has 0 amide bonds. The lowest BCUT2D eigenvalue weighted by molar-refractivity contribution is 0.197. The van der Waals surface area contributed by atoms with E-state index in [-0.39, 0.29) is 23.7 Å². The number of benzene rings is 1. The normalized spacial score (nSPS) is 13.8. The van der Waals surface area contributed by atoms with E-state index in [2.05, 4.69) is 4.72 Å². The molecule has 1 atom stereocenters. The summed E-state index contributed by atoms with van der Waals surface area (Å²) in [6.45, 7) is 1.15. The van der Waals surface area contributed by atoms with E-state index in [0.29, 0.717) is 0 Å². The van der Waals surface area contributed by atoms with Gasteiger partial charge in [-0.2, -0.15) is 17.4 Å². The molecule has 0 spiro atoms. The first-order valence-corrected chi connectivity index (χ1v) is 7.37. The van der Waals surface area contributed by atoms with Gasteiger partial charge in [-0.25, -0.2) is 4.39 Å². The van der Waals surface area contributed by atoms with Gasteiger partial charge in [-0.15, -0.1) is 0 Å². The number of hydrogen-bond donors (Lipinski definition) is 2. The summed E-state index contributed by atoms with van der Waals surface area (Å²) in [7, 11) is -2.49. The zero-order valence-corrected chi connectivity index (χ0v) is 12.2. The summed E-state index contributed by atoms with van der Waals surface area (Å²) in [5.74, 6) is -0.565. The van der Waals surface area contributed by atoms with E-state index >= 15 is 0 Å². The van der Waals surface area contributed by atoms with Gasteiger partial charge in [0, 0.05) is 30.7 Å². The van der Waals surface area contributed by atoms with Crippen molar-refractivity contribution in [1.29, 1.82) is 0 Å². The van der Waals surface area contributed by atoms with Crippen LogP contribution in [0.15, 0.2) is 18.2 Å². The summed E-state index contributed by atoms with van der Waals surface area (Å²) in [5.41, 5.74) is 0.106. The Bertz CT molecular complexity index is 516. The van der Waals surface area contributed by atoms with Gasteiger partial charge in [0.25, 0.3) is 10.2 Å². The molecule has 0 saturated heterocycles. The molecule has 0 aliphatic heterocycles. The largest absolute Gasteiger partial charge is 0.392 e. The Labute approximate surface area is 117 Å². The van der Waals surface area contributed by atoms with Gasteiger partial charge < -0.3 is 5.11 Å². The average Bonchev–Trinajstić information content (AvgIpc) is 2.31. The minimum absolute atomic E-state index is 0.106. The fraction of sp³-hybridized carbons (Fsp3) is 0.455. The molecule has 0 saturated carbocycles. The molecule has 1 unspecified atom stereocenters. The van der Waals surface area contributed by atoms with Crippen LogP contribution < -0.4 is 4.72 Å². The smallest absolute Gasteiger partial charge is 0.279 e. The summed E-state index contributed by atoms with van der Waals surface area (Å²) >= 11 is 5.83. The molecule has 0 aliphatic carbocycles. The lowest BCUT2D eigenvalue weighted by Crippen LogP contribution is -2.40. The summed E-state index contributed by atoms with van der Waals surface area (Å²) in [6, 6.07) is 4.15. The minimum atomic E-state index is -3.79. The SMILES string of the molecule is CC(O)CNS(=O)(=O)N(C)Cc1c(F)cccc1Cl. The first kappa shape index (κ1) is 16.3. The van der Waals surface area contributed by atoms with Gasteiger partial charge in [0.15, 0.2) is 0 Å². The van der Waals surface area contributed by atoms with Crippen LogP contribution in [-0.2, 0) is 16.8 Å². The van der Waals surface area contributed by atoms with Crippen LogP contribution in [0.25, 0.3) is 0 Å². The second-order valence-electron chi connectivity index (χ2n) is 4.16. The lowest BCUT2D eigenvalue weighted by atomic mass is 10.2. The Morgan fingerprint density at radius 3 is 2.68 bits per heavy atom. The Balaban J connectivity index is 2.82. The molecule has 0 fully saturated rings. The van der Waals surface area contributed by atoms with Crippen LogP contribution >= 0.6 is 11.6 Å². The van der Waals surface area contributed by atoms with Crippen molar-refractivity contribution in [2.45, 2.75) is 19.6 Å². The van der Waals surface area contributed by atoms with Crippen molar-refractivity contribution < 1.29 is 17.9 Å². The molecule has 1 aromatic carbocycles. The van der Waals surface area contributed by atoms with Gasteiger partial charge in [0.1, 0.15) is 5.82 Å². The molecule has 1 rings (SSSR count). The maximum absolute atomic E-state index is 13.5. The van der Waals surface area contributed by atoms with Crippen LogP contribution in [0, 0.1) is 5.82 Å². The highest BCUT2D eigenvalue weighted by Gasteiger charge is 2.20. The van der Waals surface area contributed by atoms with Crippen molar-refractivity contribution in [2.75, 3.05) is 13.6 Å². The van der Waals surface area contributed by atoms with E-state index in [4.69, 9.17) is 16.7 Å². The summed E-state index contributed by atoms with van der Waals surface area (Å²) in [4.78, 5) is 0. The number of rotatable bonds is 6. The van der Waals surface area contributed by atoms with E-state index in [1.807, 2.05) is 0 Å². The highest BCUT2D eigenvalue weighted by atomic mass is 35.5. The van der Waals surface area contributed by atoms with Gasteiger partial charge in [0.2, 0.25) is 0 Å². The molecule has 5 nitrogen and oxygen atoms in total. The predicted octanol–water partition coefficient (Wildman–Crippen LogP) is 1.13. The molecule has 8 heteroatoms. The molecule has 0 aliphatic rings. The fourth-order valence-corrected chi connectivity index (χ4v) is 2.52. The monoisotopic (exact) mass is 310 g/mol. The predicted molar refractivity (Wildman–Crippen MR) is 71.5 cm³/mol. The fourth-order valence-electron chi connectivity index (χ4n) is 1.33. The molecule has 19 heavy (non-hydrogen) atoms. The third-order valence-electron chi connectivity index (χ3n) is 2.41. The van der Waals surface area contributed by atoms with Crippen LogP contribution in [0.5, 0.6) is 0 Å². The van der Waals surface area contributed by atoms with E-state index in [1.54, 1.807) is 0 Å². The van der Waals surface area contributed by atoms with Gasteiger partial charge in [0.05, 0.1) is 6.10 Å². The Hall–Kier alpha value is -0.730. The number of halogens is 2. The van der Waals surface area contributed by atoms with Crippen molar-refractivity contribution in [2.24, 2.45) is 0 Å². The van der Waals surface area contributed by atoms with Crippen molar-refractivity contribution in [1.82, 2.24) is 9.03 Å². The van der Waals surface area contributed by atoms with E-state index < -0.39 is 22.1 Å². The van der Waals surface area contributed by atoms with Crippen LogP contribution in [0.3, 0.4) is 0 Å². The van der Waals surface area contributed by atoms with Crippen molar-refractivity contribution in [3.8, 4) is 0 Å². The van der Waals surface area contributed by atoms with Crippen LogP contribution in [-0.4, -0.2) is 37.5 Å². The number of hydrogen-bond acceptors (Lipinski definition) is 3. The molecular weight excluding hydrogens is 295 g/mol. The second kappa shape index (κ2) is 6.62. The van der Waals surface area contributed by atoms with Crippen molar-refractivity contribution in [3.05, 3.63) is 34.6 Å². The Morgan fingerprint density at radius 1 is 1.53 bits per heavy atom. The maximum Gasteiger partial charge on any atom is 0.279 e. The Kier molecular flexibility index (Phi) is 5.69. The van der Waals surface area contributed by atoms with E-state index in [1.165, 1.54) is 32.2 Å². The minimum Gasteiger partial charge on any atom is -0.392 e. The molecule has 2 N–H and O–H groups in total. The van der Waals surface area contributed by atoms with Gasteiger partial charge in [-0.3, -0.25) is 0 Å². The summed E-state index contributed by atoms with van der Waals surface area (Å²) in [5, 5.41) is 9.21. The molecular formula is C11H16ClFN2O3S. The highest BCUT2D eigenvalue weighted by Crippen LogP contribution is 2.20. The number of aliphatic hydroxyl groups is 1. The summed E-state index contributed by atoms with van der Waals surface area (Å²) in [6.07, 6.45) is -0.805. The highest BCUT2D eigenvalue weighted by molar-refractivity contribution is 7.87. The van der Waals surface area contributed by atoms with Gasteiger partial charge in [-0.1, -0.05) is 17.7 Å². The van der Waals surface area contributed by atoms with Crippen LogP contribution in [0.2, 0.25) is 5.02 Å². The topological polar surface area (TPSA) is 69.6 Å². The van der Waals surface area contributed by atoms with E-state index in [9.17, 15) is 12.8 Å². The van der Waals surface area contributed by atoms with Crippen molar-refractivity contribution in [3.63, 3.8) is 0 Å². The quantitative estimate of drug-likeness (QED) is 0.827. The second-order valence-corrected chi connectivity index (χ2v) is 6.43. The first-order valence-electron chi connectivity index (χ1n) is 5.56. The van der Waals surface area contributed by atoms with Gasteiger partial charge >= 0.3 is 0 Å². The van der Waals surface area contributed by atoms with Crippen LogP contribution in [0.1, 0.15) is 12.5 Å². The third kappa shape index (κ3) is 4.70. The zero-order chi connectivity index (χ0) is 14.6. The third-order valence-corrected chi connectivity index (χ3v) is 4.25. The Morgan fingerprint density at radius 2 is 2.16 bits per heavy atom. The van der Waals surface area contributed by atoms with Crippen LogP contribution in [0.4, 0.5) is 4.39 Å².